The molecule has 0 aliphatic carbocycles. The Morgan fingerprint density at radius 3 is 2.82 bits per heavy atom. The van der Waals surface area contributed by atoms with Crippen LogP contribution in [0.2, 0.25) is 0 Å². The van der Waals surface area contributed by atoms with Crippen molar-refractivity contribution in [1.82, 2.24) is 9.97 Å². The molecule has 2 rings (SSSR count). The second kappa shape index (κ2) is 4.80. The summed E-state index contributed by atoms with van der Waals surface area (Å²) < 4.78 is 5.10. The minimum atomic E-state index is -0.904. The number of hydrogen-bond donors (Lipinski definition) is 2. The molecule has 17 heavy (non-hydrogen) atoms. The lowest BCUT2D eigenvalue weighted by atomic mass is 10.0. The number of para-hydroxylation sites is 1. The molecule has 5 nitrogen and oxygen atoms in total. The molecule has 0 saturated heterocycles. The maximum Gasteiger partial charge on any atom is 0.142 e. The molecule has 0 aliphatic heterocycles. The van der Waals surface area contributed by atoms with Gasteiger partial charge in [0.2, 0.25) is 0 Å². The van der Waals surface area contributed by atoms with E-state index in [0.29, 0.717) is 22.7 Å². The van der Waals surface area contributed by atoms with Gasteiger partial charge in [-0.2, -0.15) is 0 Å². The summed E-state index contributed by atoms with van der Waals surface area (Å²) in [6, 6.07) is 5.24. The van der Waals surface area contributed by atoms with Gasteiger partial charge in [-0.25, -0.2) is 0 Å². The number of nitrogens with zero attached hydrogens (tertiary/aromatic N) is 2. The lowest BCUT2D eigenvalue weighted by Gasteiger charge is -2.14. The minimum absolute atomic E-state index is 0.410. The number of aliphatic hydroxyl groups excluding tert-OH is 1. The minimum Gasteiger partial charge on any atom is -0.495 e. The van der Waals surface area contributed by atoms with Crippen molar-refractivity contribution in [2.75, 3.05) is 12.8 Å². The summed E-state index contributed by atoms with van der Waals surface area (Å²) in [6.07, 6.45) is 3.67. The van der Waals surface area contributed by atoms with Crippen molar-refractivity contribution in [3.8, 4) is 5.75 Å². The number of aromatic nitrogens is 2. The van der Waals surface area contributed by atoms with Gasteiger partial charge in [0, 0.05) is 18.0 Å². The Labute approximate surface area is 98.9 Å². The van der Waals surface area contributed by atoms with Crippen LogP contribution in [0.3, 0.4) is 0 Å². The van der Waals surface area contributed by atoms with Crippen molar-refractivity contribution in [3.63, 3.8) is 0 Å². The molecule has 0 spiro atoms. The molecule has 3 N–H and O–H groups in total. The van der Waals surface area contributed by atoms with Crippen molar-refractivity contribution in [1.29, 1.82) is 0 Å². The van der Waals surface area contributed by atoms with Crippen molar-refractivity contribution < 1.29 is 9.84 Å². The van der Waals surface area contributed by atoms with Gasteiger partial charge in [0.05, 0.1) is 24.7 Å². The first-order valence-electron chi connectivity index (χ1n) is 5.10. The lowest BCUT2D eigenvalue weighted by Crippen LogP contribution is -2.07. The van der Waals surface area contributed by atoms with E-state index in [9.17, 15) is 5.11 Å². The number of ether oxygens (including phenoxy) is 1. The van der Waals surface area contributed by atoms with Crippen molar-refractivity contribution in [3.05, 3.63) is 48.0 Å². The molecule has 0 bridgehead atoms. The van der Waals surface area contributed by atoms with Gasteiger partial charge in [-0.3, -0.25) is 9.97 Å². The van der Waals surface area contributed by atoms with Gasteiger partial charge in [-0.1, -0.05) is 12.1 Å². The van der Waals surface area contributed by atoms with E-state index in [2.05, 4.69) is 9.97 Å². The van der Waals surface area contributed by atoms with Crippen LogP contribution >= 0.6 is 0 Å². The van der Waals surface area contributed by atoms with Crippen LogP contribution in [0, 0.1) is 0 Å². The Kier molecular flexibility index (Phi) is 3.20. The summed E-state index contributed by atoms with van der Waals surface area (Å²) in [5.74, 6) is 0.533. The number of nitrogens with two attached hydrogens (primary N) is 1. The topological polar surface area (TPSA) is 81.3 Å². The maximum atomic E-state index is 10.2. The number of anilines is 1. The Hall–Kier alpha value is -2.14. The molecule has 2 aromatic rings. The number of methoxy groups -OCH3 is 1. The van der Waals surface area contributed by atoms with E-state index in [0.717, 1.165) is 0 Å². The van der Waals surface area contributed by atoms with Crippen LogP contribution in [-0.2, 0) is 0 Å². The average molecular weight is 231 g/mol. The quantitative estimate of drug-likeness (QED) is 0.774. The third-order valence-electron chi connectivity index (χ3n) is 2.48. The van der Waals surface area contributed by atoms with E-state index in [-0.39, 0.29) is 0 Å². The van der Waals surface area contributed by atoms with Crippen LogP contribution in [0.1, 0.15) is 17.4 Å². The standard InChI is InChI=1S/C12H13N3O2/c1-17-10-4-2-3-8(11(10)13)12(16)9-7-14-5-6-15-9/h2-7,12,16H,13H2,1H3. The molecule has 0 radical (unpaired) electrons. The fourth-order valence-electron chi connectivity index (χ4n) is 1.59. The molecule has 5 heteroatoms. The largest absolute Gasteiger partial charge is 0.495 e. The van der Waals surface area contributed by atoms with Crippen LogP contribution < -0.4 is 10.5 Å². The molecule has 0 fully saturated rings. The molecule has 1 aromatic heterocycles. The second-order valence-corrected chi connectivity index (χ2v) is 3.50. The van der Waals surface area contributed by atoms with Gasteiger partial charge < -0.3 is 15.6 Å². The van der Waals surface area contributed by atoms with Crippen LogP contribution in [0.15, 0.2) is 36.8 Å². The Morgan fingerprint density at radius 2 is 2.18 bits per heavy atom. The highest BCUT2D eigenvalue weighted by Crippen LogP contribution is 2.31. The second-order valence-electron chi connectivity index (χ2n) is 3.50. The first-order chi connectivity index (χ1) is 8.24. The normalized spacial score (nSPS) is 12.1. The highest BCUT2D eigenvalue weighted by atomic mass is 16.5. The van der Waals surface area contributed by atoms with Crippen LogP contribution in [-0.4, -0.2) is 22.2 Å². The molecular formula is C12H13N3O2. The number of aliphatic hydroxyl groups is 1. The van der Waals surface area contributed by atoms with Gasteiger partial charge >= 0.3 is 0 Å². The summed E-state index contributed by atoms with van der Waals surface area (Å²) in [4.78, 5) is 7.95. The fraction of sp³-hybridized carbons (Fsp3) is 0.167. The van der Waals surface area contributed by atoms with E-state index in [4.69, 9.17) is 10.5 Å². The van der Waals surface area contributed by atoms with Gasteiger partial charge in [0.1, 0.15) is 11.9 Å². The zero-order chi connectivity index (χ0) is 12.3. The van der Waals surface area contributed by atoms with E-state index < -0.39 is 6.10 Å². The first-order valence-corrected chi connectivity index (χ1v) is 5.10. The highest BCUT2D eigenvalue weighted by molar-refractivity contribution is 5.60. The smallest absolute Gasteiger partial charge is 0.142 e. The van der Waals surface area contributed by atoms with Crippen LogP contribution in [0.25, 0.3) is 0 Å². The molecule has 1 unspecified atom stereocenters. The Morgan fingerprint density at radius 1 is 1.35 bits per heavy atom. The van der Waals surface area contributed by atoms with E-state index in [1.807, 2.05) is 0 Å². The monoisotopic (exact) mass is 231 g/mol. The summed E-state index contributed by atoms with van der Waals surface area (Å²) in [5, 5.41) is 10.2. The molecule has 0 aliphatic rings. The third kappa shape index (κ3) is 2.19. The number of rotatable bonds is 3. The molecule has 1 heterocycles. The summed E-state index contributed by atoms with van der Waals surface area (Å²) in [5.41, 5.74) is 7.32. The zero-order valence-electron chi connectivity index (χ0n) is 9.37. The maximum absolute atomic E-state index is 10.2. The Balaban J connectivity index is 2.41. The summed E-state index contributed by atoms with van der Waals surface area (Å²) >= 11 is 0. The van der Waals surface area contributed by atoms with E-state index >= 15 is 0 Å². The average Bonchev–Trinajstić information content (AvgIpc) is 2.39. The third-order valence-corrected chi connectivity index (χ3v) is 2.48. The van der Waals surface area contributed by atoms with Crippen LogP contribution in [0.5, 0.6) is 5.75 Å². The van der Waals surface area contributed by atoms with Crippen molar-refractivity contribution >= 4 is 5.69 Å². The van der Waals surface area contributed by atoms with Gasteiger partial charge in [-0.15, -0.1) is 0 Å². The highest BCUT2D eigenvalue weighted by Gasteiger charge is 2.16. The van der Waals surface area contributed by atoms with Gasteiger partial charge in [0.15, 0.2) is 0 Å². The van der Waals surface area contributed by atoms with E-state index in [1.165, 1.54) is 19.5 Å². The number of benzene rings is 1. The van der Waals surface area contributed by atoms with Crippen LogP contribution in [0.4, 0.5) is 5.69 Å². The summed E-state index contributed by atoms with van der Waals surface area (Å²) in [6.45, 7) is 0. The molecule has 88 valence electrons. The SMILES string of the molecule is COc1cccc(C(O)c2cnccn2)c1N. The molecule has 1 atom stereocenters. The predicted octanol–water partition coefficient (Wildman–Crippen LogP) is 1.15. The van der Waals surface area contributed by atoms with Gasteiger partial charge in [0.25, 0.3) is 0 Å². The van der Waals surface area contributed by atoms with E-state index in [1.54, 1.807) is 24.4 Å². The lowest BCUT2D eigenvalue weighted by molar-refractivity contribution is 0.215. The van der Waals surface area contributed by atoms with Gasteiger partial charge in [-0.05, 0) is 6.07 Å². The molecule has 0 amide bonds. The summed E-state index contributed by atoms with van der Waals surface area (Å²) in [7, 11) is 1.53. The molecular weight excluding hydrogens is 218 g/mol. The number of nitrogen functional groups attached to an aromatic ring is 1. The zero-order valence-corrected chi connectivity index (χ0v) is 9.37. The predicted molar refractivity (Wildman–Crippen MR) is 63.5 cm³/mol. The first kappa shape index (κ1) is 11.3. The molecule has 1 aromatic carbocycles. The Bertz CT molecular complexity index is 502. The van der Waals surface area contributed by atoms with Crippen molar-refractivity contribution in [2.45, 2.75) is 6.10 Å². The molecule has 0 saturated carbocycles. The van der Waals surface area contributed by atoms with Crippen molar-refractivity contribution in [2.24, 2.45) is 0 Å². The fourth-order valence-corrected chi connectivity index (χ4v) is 1.59. The number of hydrogen-bond acceptors (Lipinski definition) is 5.